The van der Waals surface area contributed by atoms with Crippen LogP contribution in [0, 0.1) is 18.3 Å². The first-order valence-corrected chi connectivity index (χ1v) is 9.46. The van der Waals surface area contributed by atoms with Gasteiger partial charge in [0, 0.05) is 16.4 Å². The summed E-state index contributed by atoms with van der Waals surface area (Å²) in [5.41, 5.74) is 2.85. The Morgan fingerprint density at radius 3 is 2.68 bits per heavy atom. The fourth-order valence-electron chi connectivity index (χ4n) is 2.72. The Labute approximate surface area is 174 Å². The lowest BCUT2D eigenvalue weighted by molar-refractivity contribution is 0.466. The Balaban J connectivity index is 1.72. The van der Waals surface area contributed by atoms with Crippen LogP contribution in [0.2, 0.25) is 5.02 Å². The topological polar surface area (TPSA) is 86.6 Å². The molecule has 0 fully saturated rings. The van der Waals surface area contributed by atoms with Gasteiger partial charge in [-0.25, -0.2) is 0 Å². The van der Waals surface area contributed by atoms with Gasteiger partial charge in [-0.3, -0.25) is 0 Å². The van der Waals surface area contributed by atoms with E-state index >= 15 is 0 Å². The molecule has 4 rings (SSSR count). The number of rotatable bonds is 4. The van der Waals surface area contributed by atoms with E-state index in [1.165, 1.54) is 0 Å². The van der Waals surface area contributed by atoms with Crippen molar-refractivity contribution in [2.75, 3.05) is 5.32 Å². The van der Waals surface area contributed by atoms with Crippen molar-refractivity contribution in [1.29, 1.82) is 5.26 Å². The summed E-state index contributed by atoms with van der Waals surface area (Å²) < 4.78 is 6.95. The van der Waals surface area contributed by atoms with Crippen LogP contribution >= 0.6 is 27.5 Å². The lowest BCUT2D eigenvalue weighted by Gasteiger charge is -2.12. The first kappa shape index (κ1) is 18.3. The number of aryl methyl sites for hydroxylation is 1. The monoisotopic (exact) mass is 453 g/mol. The molecule has 0 saturated carbocycles. The largest absolute Gasteiger partial charge is 0.436 e. The zero-order chi connectivity index (χ0) is 19.7. The Morgan fingerprint density at radius 1 is 1.18 bits per heavy atom. The number of H-pyrrole nitrogens is 1. The maximum absolute atomic E-state index is 8.92. The molecule has 0 aliphatic heterocycles. The molecule has 0 atom stereocenters. The zero-order valence-electron chi connectivity index (χ0n) is 14.6. The number of aromatic nitrogens is 3. The van der Waals surface area contributed by atoms with E-state index in [1.54, 1.807) is 36.5 Å². The number of hydrogen-bond acceptors (Lipinski definition) is 5. The van der Waals surface area contributed by atoms with Gasteiger partial charge in [-0.15, -0.1) is 0 Å². The molecule has 2 heterocycles. The zero-order valence-corrected chi connectivity index (χ0v) is 17.0. The van der Waals surface area contributed by atoms with E-state index in [-0.39, 0.29) is 0 Å². The molecule has 0 aliphatic carbocycles. The second-order valence-electron chi connectivity index (χ2n) is 6.04. The third-order valence-corrected chi connectivity index (χ3v) is 4.78. The molecule has 6 nitrogen and oxygen atoms in total. The van der Waals surface area contributed by atoms with Crippen LogP contribution < -0.4 is 10.1 Å². The Kier molecular flexibility index (Phi) is 4.90. The van der Waals surface area contributed by atoms with Crippen molar-refractivity contribution in [3.8, 4) is 17.7 Å². The number of anilines is 2. The van der Waals surface area contributed by atoms with Gasteiger partial charge in [-0.2, -0.15) is 15.2 Å². The number of aromatic amines is 1. The van der Waals surface area contributed by atoms with E-state index in [1.807, 2.05) is 19.1 Å². The molecule has 0 radical (unpaired) electrons. The van der Waals surface area contributed by atoms with Crippen LogP contribution in [0.25, 0.3) is 11.0 Å². The summed E-state index contributed by atoms with van der Waals surface area (Å²) in [5.74, 6) is 1.28. The SMILES string of the molecule is Cc1cc(Br)cc(Cl)c1Oc1nc(Nc2ccc(C#N)cc2)nc2[nH]ccc12. The molecule has 28 heavy (non-hydrogen) atoms. The molecule has 2 N–H and O–H groups in total. The van der Waals surface area contributed by atoms with Crippen LogP contribution in [0.5, 0.6) is 11.6 Å². The summed E-state index contributed by atoms with van der Waals surface area (Å²) in [6.07, 6.45) is 1.77. The number of nitriles is 1. The van der Waals surface area contributed by atoms with Gasteiger partial charge in [-0.1, -0.05) is 27.5 Å². The van der Waals surface area contributed by atoms with E-state index in [4.69, 9.17) is 21.6 Å². The highest BCUT2D eigenvalue weighted by atomic mass is 79.9. The molecule has 2 aromatic heterocycles. The van der Waals surface area contributed by atoms with Gasteiger partial charge in [0.15, 0.2) is 5.75 Å². The molecule has 8 heteroatoms. The molecule has 0 amide bonds. The van der Waals surface area contributed by atoms with Crippen LogP contribution in [0.1, 0.15) is 11.1 Å². The van der Waals surface area contributed by atoms with Gasteiger partial charge >= 0.3 is 0 Å². The maximum atomic E-state index is 8.92. The fourth-order valence-corrected chi connectivity index (χ4v) is 3.73. The van der Waals surface area contributed by atoms with Crippen molar-refractivity contribution in [3.05, 3.63) is 69.3 Å². The van der Waals surface area contributed by atoms with Crippen molar-refractivity contribution in [2.24, 2.45) is 0 Å². The lowest BCUT2D eigenvalue weighted by Crippen LogP contribution is -2.00. The highest BCUT2D eigenvalue weighted by Gasteiger charge is 2.15. The normalized spacial score (nSPS) is 10.6. The summed E-state index contributed by atoms with van der Waals surface area (Å²) in [5, 5.41) is 13.3. The van der Waals surface area contributed by atoms with Crippen molar-refractivity contribution in [3.63, 3.8) is 0 Å². The second-order valence-corrected chi connectivity index (χ2v) is 7.37. The number of nitrogens with one attached hydrogen (secondary N) is 2. The van der Waals surface area contributed by atoms with Crippen molar-refractivity contribution in [2.45, 2.75) is 6.92 Å². The summed E-state index contributed by atoms with van der Waals surface area (Å²) in [7, 11) is 0. The lowest BCUT2D eigenvalue weighted by atomic mass is 10.2. The summed E-state index contributed by atoms with van der Waals surface area (Å²) in [6.45, 7) is 1.91. The maximum Gasteiger partial charge on any atom is 0.233 e. The van der Waals surface area contributed by atoms with Crippen molar-refractivity contribution >= 4 is 50.2 Å². The van der Waals surface area contributed by atoms with E-state index in [9.17, 15) is 0 Å². The molecule has 138 valence electrons. The van der Waals surface area contributed by atoms with Gasteiger partial charge in [0.1, 0.15) is 5.65 Å². The highest BCUT2D eigenvalue weighted by molar-refractivity contribution is 9.10. The van der Waals surface area contributed by atoms with Crippen LogP contribution in [-0.4, -0.2) is 15.0 Å². The molecule has 2 aromatic carbocycles. The van der Waals surface area contributed by atoms with Gasteiger partial charge in [0.05, 0.1) is 22.0 Å². The van der Waals surface area contributed by atoms with Crippen LogP contribution in [0.4, 0.5) is 11.6 Å². The molecule has 4 aromatic rings. The van der Waals surface area contributed by atoms with Crippen molar-refractivity contribution < 1.29 is 4.74 Å². The quantitative estimate of drug-likeness (QED) is 0.390. The molecule has 0 aliphatic rings. The minimum Gasteiger partial charge on any atom is -0.436 e. The third kappa shape index (κ3) is 3.65. The summed E-state index contributed by atoms with van der Waals surface area (Å²) >= 11 is 9.78. The van der Waals surface area contributed by atoms with E-state index < -0.39 is 0 Å². The number of nitrogens with zero attached hydrogens (tertiary/aromatic N) is 3. The Morgan fingerprint density at radius 2 is 1.96 bits per heavy atom. The van der Waals surface area contributed by atoms with E-state index in [2.05, 4.69) is 42.3 Å². The molecular weight excluding hydrogens is 442 g/mol. The molecule has 0 spiro atoms. The smallest absolute Gasteiger partial charge is 0.233 e. The molecule has 0 unspecified atom stereocenters. The Hall–Kier alpha value is -3.08. The fraction of sp³-hybridized carbons (Fsp3) is 0.0500. The standard InChI is InChI=1S/C20H13BrClN5O/c1-11-8-13(21)9-16(22)17(11)28-19-15-6-7-24-18(15)26-20(27-19)25-14-4-2-12(10-23)3-5-14/h2-9H,1H3,(H2,24,25,26,27). The average molecular weight is 455 g/mol. The van der Waals surface area contributed by atoms with Crippen LogP contribution in [-0.2, 0) is 0 Å². The summed E-state index contributed by atoms with van der Waals surface area (Å²) in [4.78, 5) is 12.1. The van der Waals surface area contributed by atoms with Crippen LogP contribution in [0.15, 0.2) is 53.1 Å². The van der Waals surface area contributed by atoms with Gasteiger partial charge in [0.2, 0.25) is 11.8 Å². The number of benzene rings is 2. The minimum atomic E-state index is 0.362. The average Bonchev–Trinajstić information content (AvgIpc) is 3.14. The minimum absolute atomic E-state index is 0.362. The van der Waals surface area contributed by atoms with E-state index in [0.29, 0.717) is 33.8 Å². The number of ether oxygens (including phenoxy) is 1. The predicted molar refractivity (Wildman–Crippen MR) is 112 cm³/mol. The van der Waals surface area contributed by atoms with Gasteiger partial charge in [0.25, 0.3) is 0 Å². The van der Waals surface area contributed by atoms with Gasteiger partial charge < -0.3 is 15.0 Å². The molecule has 0 saturated heterocycles. The predicted octanol–water partition coefficient (Wildman–Crippen LogP) is 6.09. The number of halogens is 2. The summed E-state index contributed by atoms with van der Waals surface area (Å²) in [6, 6.07) is 14.6. The second kappa shape index (κ2) is 7.50. The van der Waals surface area contributed by atoms with Gasteiger partial charge in [-0.05, 0) is 55.0 Å². The first-order chi connectivity index (χ1) is 13.5. The van der Waals surface area contributed by atoms with Crippen molar-refractivity contribution in [1.82, 2.24) is 15.0 Å². The number of fused-ring (bicyclic) bond motifs is 1. The van der Waals surface area contributed by atoms with E-state index in [0.717, 1.165) is 21.1 Å². The van der Waals surface area contributed by atoms with Crippen LogP contribution in [0.3, 0.4) is 0 Å². The third-order valence-electron chi connectivity index (χ3n) is 4.04. The Bertz CT molecular complexity index is 1190. The highest BCUT2D eigenvalue weighted by Crippen LogP contribution is 2.37. The molecule has 0 bridgehead atoms. The number of hydrogen-bond donors (Lipinski definition) is 2. The molecular formula is C20H13BrClN5O. The first-order valence-electron chi connectivity index (χ1n) is 8.29.